The van der Waals surface area contributed by atoms with Gasteiger partial charge in [-0.3, -0.25) is 34.3 Å². The molecule has 2 fully saturated rings. The second-order valence-electron chi connectivity index (χ2n) is 10.0. The normalized spacial score (nSPS) is 21.5. The lowest BCUT2D eigenvalue weighted by Gasteiger charge is -2.38. The first-order valence-corrected chi connectivity index (χ1v) is 13.5. The second-order valence-corrected chi connectivity index (χ2v) is 10.9. The number of hydrogen-bond acceptors (Lipinski definition) is 8. The number of thiazole rings is 1. The molecule has 0 radical (unpaired) electrons. The van der Waals surface area contributed by atoms with Gasteiger partial charge in [0.2, 0.25) is 11.8 Å². The van der Waals surface area contributed by atoms with Crippen molar-refractivity contribution in [1.29, 1.82) is 0 Å². The fourth-order valence-corrected chi connectivity index (χ4v) is 6.27. The Labute approximate surface area is 223 Å². The van der Waals surface area contributed by atoms with E-state index in [1.54, 1.807) is 29.5 Å². The molecule has 0 aliphatic carbocycles. The number of hydrogen-bond donors (Lipinski definition) is 2. The molecule has 3 aliphatic rings. The molecular weight excluding hydrogens is 504 g/mol. The number of likely N-dealkylation sites (tertiary alicyclic amines) is 1. The first-order chi connectivity index (χ1) is 18.3. The number of benzene rings is 2. The highest BCUT2D eigenvalue weighted by Crippen LogP contribution is 2.37. The molecular formula is C28H26N4O5S. The minimum absolute atomic E-state index is 0.0692. The molecule has 194 valence electrons. The molecule has 6 rings (SSSR count). The van der Waals surface area contributed by atoms with E-state index in [0.29, 0.717) is 38.0 Å². The first-order valence-electron chi connectivity index (χ1n) is 12.6. The summed E-state index contributed by atoms with van der Waals surface area (Å²) in [5.74, 6) is -2.17. The van der Waals surface area contributed by atoms with Crippen LogP contribution in [0.15, 0.2) is 53.9 Å². The fourth-order valence-electron chi connectivity index (χ4n) is 5.45. The molecule has 1 unspecified atom stereocenters. The van der Waals surface area contributed by atoms with Gasteiger partial charge in [0.15, 0.2) is 0 Å². The van der Waals surface area contributed by atoms with Crippen LogP contribution < -0.4 is 5.32 Å². The van der Waals surface area contributed by atoms with E-state index in [0.717, 1.165) is 21.2 Å². The summed E-state index contributed by atoms with van der Waals surface area (Å²) in [5, 5.41) is 16.8. The second kappa shape index (κ2) is 9.54. The summed E-state index contributed by atoms with van der Waals surface area (Å²) in [6.45, 7) is 2.00. The summed E-state index contributed by atoms with van der Waals surface area (Å²) in [6.07, 6.45) is 1.12. The zero-order valence-electron chi connectivity index (χ0n) is 20.6. The zero-order chi connectivity index (χ0) is 26.4. The third-order valence-corrected chi connectivity index (χ3v) is 8.56. The maximum absolute atomic E-state index is 13.2. The van der Waals surface area contributed by atoms with Gasteiger partial charge in [-0.2, -0.15) is 0 Å². The van der Waals surface area contributed by atoms with Crippen molar-refractivity contribution in [2.75, 3.05) is 13.1 Å². The van der Waals surface area contributed by atoms with Gasteiger partial charge in [-0.05, 0) is 37.0 Å². The number of aromatic nitrogens is 1. The van der Waals surface area contributed by atoms with Crippen LogP contribution in [0.4, 0.5) is 0 Å². The molecule has 2 aromatic carbocycles. The van der Waals surface area contributed by atoms with Gasteiger partial charge in [0, 0.05) is 37.0 Å². The average molecular weight is 531 g/mol. The number of carbonyl (C=O) groups is 4. The minimum Gasteiger partial charge on any atom is -0.385 e. The van der Waals surface area contributed by atoms with E-state index in [4.69, 9.17) is 4.98 Å². The summed E-state index contributed by atoms with van der Waals surface area (Å²) in [6, 6.07) is 13.9. The smallest absolute Gasteiger partial charge is 0.262 e. The summed E-state index contributed by atoms with van der Waals surface area (Å²) in [4.78, 5) is 57.9. The molecule has 38 heavy (non-hydrogen) atoms. The highest BCUT2D eigenvalue weighted by molar-refractivity contribution is 7.13. The van der Waals surface area contributed by atoms with Gasteiger partial charge in [-0.1, -0.05) is 36.4 Å². The van der Waals surface area contributed by atoms with Crippen molar-refractivity contribution in [3.63, 3.8) is 0 Å². The van der Waals surface area contributed by atoms with E-state index in [9.17, 15) is 24.3 Å². The van der Waals surface area contributed by atoms with Crippen LogP contribution in [-0.2, 0) is 21.7 Å². The molecule has 0 bridgehead atoms. The molecule has 2 saturated heterocycles. The number of piperidine rings is 2. The third-order valence-electron chi connectivity index (χ3n) is 7.62. The maximum Gasteiger partial charge on any atom is 0.262 e. The standard InChI is InChI=1S/C28H26N4O5S/c33-23-9-8-22(24(34)30-23)32-26(35)20-7-6-18(14-21(20)27(32)36)28(37)10-12-31(13-11-28)15-19-16-38-25(29-19)17-4-2-1-3-5-17/h1-7,14,16,22,37H,8-13,15H2,(H,30,33,34). The van der Waals surface area contributed by atoms with Crippen LogP contribution in [0.25, 0.3) is 10.6 Å². The Morgan fingerprint density at radius 3 is 2.47 bits per heavy atom. The lowest BCUT2D eigenvalue weighted by Crippen LogP contribution is -2.54. The predicted octanol–water partition coefficient (Wildman–Crippen LogP) is 2.69. The van der Waals surface area contributed by atoms with Crippen LogP contribution in [0.1, 0.15) is 57.7 Å². The van der Waals surface area contributed by atoms with Gasteiger partial charge >= 0.3 is 0 Å². The number of rotatable bonds is 5. The average Bonchev–Trinajstić information content (AvgIpc) is 3.49. The van der Waals surface area contributed by atoms with Gasteiger partial charge < -0.3 is 5.11 Å². The summed E-state index contributed by atoms with van der Waals surface area (Å²) < 4.78 is 0. The third kappa shape index (κ3) is 4.34. The molecule has 1 atom stereocenters. The number of imide groups is 2. The summed E-state index contributed by atoms with van der Waals surface area (Å²) >= 11 is 1.62. The van der Waals surface area contributed by atoms with Crippen molar-refractivity contribution in [3.8, 4) is 10.6 Å². The number of aliphatic hydroxyl groups is 1. The Morgan fingerprint density at radius 2 is 1.74 bits per heavy atom. The lowest BCUT2D eigenvalue weighted by molar-refractivity contribution is -0.136. The van der Waals surface area contributed by atoms with Gasteiger partial charge in [-0.25, -0.2) is 4.98 Å². The molecule has 4 heterocycles. The van der Waals surface area contributed by atoms with Crippen LogP contribution in [0.2, 0.25) is 0 Å². The summed E-state index contributed by atoms with van der Waals surface area (Å²) in [7, 11) is 0. The van der Waals surface area contributed by atoms with Crippen LogP contribution in [0.5, 0.6) is 0 Å². The first kappa shape index (κ1) is 24.6. The lowest BCUT2D eigenvalue weighted by atomic mass is 9.83. The molecule has 10 heteroatoms. The highest BCUT2D eigenvalue weighted by atomic mass is 32.1. The van der Waals surface area contributed by atoms with E-state index < -0.39 is 35.3 Å². The van der Waals surface area contributed by atoms with E-state index >= 15 is 0 Å². The molecule has 3 aromatic rings. The van der Waals surface area contributed by atoms with Gasteiger partial charge in [-0.15, -0.1) is 11.3 Å². The number of nitrogens with zero attached hydrogens (tertiary/aromatic N) is 3. The summed E-state index contributed by atoms with van der Waals surface area (Å²) in [5.41, 5.74) is 1.94. The van der Waals surface area contributed by atoms with Gasteiger partial charge in [0.25, 0.3) is 11.8 Å². The van der Waals surface area contributed by atoms with Crippen molar-refractivity contribution in [3.05, 3.63) is 76.3 Å². The molecule has 1 aromatic heterocycles. The molecule has 4 amide bonds. The quantitative estimate of drug-likeness (QED) is 0.487. The fraction of sp³-hybridized carbons (Fsp3) is 0.321. The number of fused-ring (bicyclic) bond motifs is 1. The van der Waals surface area contributed by atoms with Crippen LogP contribution >= 0.6 is 11.3 Å². The van der Waals surface area contributed by atoms with Crippen molar-refractivity contribution in [2.45, 2.75) is 43.9 Å². The largest absolute Gasteiger partial charge is 0.385 e. The number of nitrogens with one attached hydrogen (secondary N) is 1. The van der Waals surface area contributed by atoms with Crippen molar-refractivity contribution >= 4 is 35.0 Å². The topological polar surface area (TPSA) is 120 Å². The minimum atomic E-state index is -1.13. The number of carbonyl (C=O) groups excluding carboxylic acids is 4. The molecule has 0 saturated carbocycles. The maximum atomic E-state index is 13.2. The Bertz CT molecular complexity index is 1440. The van der Waals surface area contributed by atoms with Gasteiger partial charge in [0.1, 0.15) is 11.0 Å². The van der Waals surface area contributed by atoms with Crippen molar-refractivity contribution in [2.24, 2.45) is 0 Å². The zero-order valence-corrected chi connectivity index (χ0v) is 21.4. The van der Waals surface area contributed by atoms with E-state index in [-0.39, 0.29) is 24.0 Å². The van der Waals surface area contributed by atoms with Crippen molar-refractivity contribution < 1.29 is 24.3 Å². The van der Waals surface area contributed by atoms with Crippen LogP contribution in [0, 0.1) is 0 Å². The SMILES string of the molecule is O=C1CCC(N2C(=O)c3ccc(C4(O)CCN(Cc5csc(-c6ccccc6)n5)CC4)cc3C2=O)C(=O)N1. The monoisotopic (exact) mass is 530 g/mol. The molecule has 2 N–H and O–H groups in total. The Balaban J connectivity index is 1.13. The Morgan fingerprint density at radius 1 is 1.00 bits per heavy atom. The van der Waals surface area contributed by atoms with Crippen molar-refractivity contribution in [1.82, 2.24) is 20.1 Å². The Kier molecular flexibility index (Phi) is 6.17. The Hall–Kier alpha value is -3.73. The van der Waals surface area contributed by atoms with Crippen LogP contribution in [-0.4, -0.2) is 62.7 Å². The van der Waals surface area contributed by atoms with E-state index in [2.05, 4.69) is 15.6 Å². The van der Waals surface area contributed by atoms with Gasteiger partial charge in [0.05, 0.1) is 22.4 Å². The van der Waals surface area contributed by atoms with Crippen LogP contribution in [0.3, 0.4) is 0 Å². The molecule has 3 aliphatic heterocycles. The van der Waals surface area contributed by atoms with E-state index in [1.165, 1.54) is 0 Å². The molecule has 0 spiro atoms. The van der Waals surface area contributed by atoms with E-state index in [1.807, 2.05) is 30.3 Å². The predicted molar refractivity (Wildman–Crippen MR) is 139 cm³/mol. The highest BCUT2D eigenvalue weighted by Gasteiger charge is 2.45. The number of amides is 4. The molecule has 9 nitrogen and oxygen atoms in total.